The van der Waals surface area contributed by atoms with Gasteiger partial charge < -0.3 is 15.0 Å². The summed E-state index contributed by atoms with van der Waals surface area (Å²) < 4.78 is 5.63. The van der Waals surface area contributed by atoms with Crippen molar-refractivity contribution >= 4 is 6.09 Å². The van der Waals surface area contributed by atoms with Crippen LogP contribution in [0.5, 0.6) is 0 Å². The van der Waals surface area contributed by atoms with Gasteiger partial charge in [0.2, 0.25) is 0 Å². The molecule has 2 aliphatic heterocycles. The Balaban J connectivity index is 1.70. The molecule has 1 aliphatic carbocycles. The van der Waals surface area contributed by atoms with E-state index in [9.17, 15) is 4.79 Å². The summed E-state index contributed by atoms with van der Waals surface area (Å²) in [5.41, 5.74) is -0.416. The van der Waals surface area contributed by atoms with Crippen molar-refractivity contribution in [2.45, 2.75) is 76.6 Å². The van der Waals surface area contributed by atoms with Crippen LogP contribution in [0.25, 0.3) is 0 Å². The summed E-state index contributed by atoms with van der Waals surface area (Å²) in [6.07, 6.45) is 6.08. The highest BCUT2D eigenvalue weighted by molar-refractivity contribution is 5.69. The molecule has 22 heavy (non-hydrogen) atoms. The minimum atomic E-state index is -0.416. The number of nitrogens with zero attached hydrogens (tertiary/aromatic N) is 2. The maximum Gasteiger partial charge on any atom is 0.410 e. The molecule has 2 saturated heterocycles. The van der Waals surface area contributed by atoms with Crippen LogP contribution in [0.3, 0.4) is 0 Å². The SMILES string of the molecule is CC(C)(C)OC(=O)N1CCN[C@@H]2[C@@H](N3CCCC3)CCC[C@@H]21. The van der Waals surface area contributed by atoms with Crippen molar-refractivity contribution in [1.82, 2.24) is 15.1 Å². The minimum absolute atomic E-state index is 0.133. The summed E-state index contributed by atoms with van der Waals surface area (Å²) in [6.45, 7) is 9.92. The molecule has 2 heterocycles. The molecule has 5 nitrogen and oxygen atoms in total. The van der Waals surface area contributed by atoms with Crippen LogP contribution in [0.1, 0.15) is 52.9 Å². The van der Waals surface area contributed by atoms with Gasteiger partial charge in [-0.15, -0.1) is 0 Å². The average molecular weight is 309 g/mol. The van der Waals surface area contributed by atoms with Crippen LogP contribution in [0.2, 0.25) is 0 Å². The highest BCUT2D eigenvalue weighted by Crippen LogP contribution is 2.31. The molecule has 126 valence electrons. The topological polar surface area (TPSA) is 44.8 Å². The van der Waals surface area contributed by atoms with Crippen molar-refractivity contribution in [2.75, 3.05) is 26.2 Å². The predicted octanol–water partition coefficient (Wildman–Crippen LogP) is 2.21. The quantitative estimate of drug-likeness (QED) is 0.806. The van der Waals surface area contributed by atoms with Gasteiger partial charge in [0, 0.05) is 25.2 Å². The number of piperazine rings is 1. The zero-order chi connectivity index (χ0) is 15.7. The number of hydrogen-bond donors (Lipinski definition) is 1. The Hall–Kier alpha value is -0.810. The molecule has 3 atom stereocenters. The molecule has 1 amide bonds. The summed E-state index contributed by atoms with van der Waals surface area (Å²) in [7, 11) is 0. The Labute approximate surface area is 134 Å². The van der Waals surface area contributed by atoms with E-state index in [2.05, 4.69) is 10.2 Å². The van der Waals surface area contributed by atoms with Crippen LogP contribution in [-0.2, 0) is 4.74 Å². The van der Waals surface area contributed by atoms with E-state index in [1.807, 2.05) is 25.7 Å². The second-order valence-electron chi connectivity index (χ2n) is 7.96. The molecule has 5 heteroatoms. The third-order valence-electron chi connectivity index (χ3n) is 5.20. The van der Waals surface area contributed by atoms with Gasteiger partial charge in [0.1, 0.15) is 5.60 Å². The van der Waals surface area contributed by atoms with Gasteiger partial charge in [0.05, 0.1) is 6.04 Å². The van der Waals surface area contributed by atoms with Crippen molar-refractivity contribution in [3.8, 4) is 0 Å². The maximum absolute atomic E-state index is 12.6. The Morgan fingerprint density at radius 1 is 1.05 bits per heavy atom. The molecule has 0 aromatic heterocycles. The van der Waals surface area contributed by atoms with E-state index in [1.54, 1.807) is 0 Å². The van der Waals surface area contributed by atoms with Crippen LogP contribution in [0.4, 0.5) is 4.79 Å². The van der Waals surface area contributed by atoms with Crippen LogP contribution in [0, 0.1) is 0 Å². The highest BCUT2D eigenvalue weighted by Gasteiger charge is 2.44. The molecule has 0 aromatic carbocycles. The molecule has 0 bridgehead atoms. The Bertz CT molecular complexity index is 401. The number of carbonyl (C=O) groups is 1. The third-order valence-corrected chi connectivity index (χ3v) is 5.20. The van der Waals surface area contributed by atoms with Gasteiger partial charge >= 0.3 is 6.09 Å². The van der Waals surface area contributed by atoms with Crippen molar-refractivity contribution in [2.24, 2.45) is 0 Å². The molecule has 3 aliphatic rings. The van der Waals surface area contributed by atoms with E-state index in [1.165, 1.54) is 38.8 Å². The van der Waals surface area contributed by atoms with Crippen molar-refractivity contribution < 1.29 is 9.53 Å². The van der Waals surface area contributed by atoms with Crippen LogP contribution < -0.4 is 5.32 Å². The number of carbonyl (C=O) groups excluding carboxylic acids is 1. The van der Waals surface area contributed by atoms with Gasteiger partial charge in [-0.05, 0) is 66.0 Å². The van der Waals surface area contributed by atoms with Gasteiger partial charge in [-0.3, -0.25) is 4.90 Å². The second kappa shape index (κ2) is 6.36. The van der Waals surface area contributed by atoms with Gasteiger partial charge in [0.25, 0.3) is 0 Å². The Morgan fingerprint density at radius 2 is 1.73 bits per heavy atom. The number of likely N-dealkylation sites (tertiary alicyclic amines) is 1. The van der Waals surface area contributed by atoms with E-state index >= 15 is 0 Å². The lowest BCUT2D eigenvalue weighted by atomic mass is 9.83. The lowest BCUT2D eigenvalue weighted by molar-refractivity contribution is -0.0122. The zero-order valence-corrected chi connectivity index (χ0v) is 14.3. The highest BCUT2D eigenvalue weighted by atomic mass is 16.6. The number of hydrogen-bond acceptors (Lipinski definition) is 4. The molecule has 1 saturated carbocycles. The third kappa shape index (κ3) is 3.40. The molecule has 0 radical (unpaired) electrons. The fraction of sp³-hybridized carbons (Fsp3) is 0.941. The minimum Gasteiger partial charge on any atom is -0.444 e. The normalized spacial score (nSPS) is 33.6. The van der Waals surface area contributed by atoms with E-state index < -0.39 is 5.60 Å². The van der Waals surface area contributed by atoms with Crippen molar-refractivity contribution in [1.29, 1.82) is 0 Å². The molecular weight excluding hydrogens is 278 g/mol. The molecular formula is C17H31N3O2. The maximum atomic E-state index is 12.6. The first-order valence-corrected chi connectivity index (χ1v) is 8.93. The number of rotatable bonds is 1. The average Bonchev–Trinajstić information content (AvgIpc) is 2.98. The Morgan fingerprint density at radius 3 is 2.41 bits per heavy atom. The van der Waals surface area contributed by atoms with E-state index in [0.29, 0.717) is 18.1 Å². The van der Waals surface area contributed by atoms with E-state index in [0.717, 1.165) is 19.5 Å². The lowest BCUT2D eigenvalue weighted by Crippen LogP contribution is -2.67. The molecule has 1 N–H and O–H groups in total. The van der Waals surface area contributed by atoms with Crippen molar-refractivity contribution in [3.63, 3.8) is 0 Å². The van der Waals surface area contributed by atoms with Crippen LogP contribution in [0.15, 0.2) is 0 Å². The number of ether oxygens (including phenoxy) is 1. The lowest BCUT2D eigenvalue weighted by Gasteiger charge is -2.50. The number of fused-ring (bicyclic) bond motifs is 1. The van der Waals surface area contributed by atoms with Gasteiger partial charge in [-0.1, -0.05) is 0 Å². The Kier molecular flexibility index (Phi) is 4.64. The van der Waals surface area contributed by atoms with Crippen LogP contribution >= 0.6 is 0 Å². The molecule has 0 spiro atoms. The first-order chi connectivity index (χ1) is 10.5. The summed E-state index contributed by atoms with van der Waals surface area (Å²) in [5, 5.41) is 3.70. The summed E-state index contributed by atoms with van der Waals surface area (Å²) in [4.78, 5) is 17.2. The first kappa shape index (κ1) is 16.1. The number of nitrogens with one attached hydrogen (secondary N) is 1. The number of amides is 1. The zero-order valence-electron chi connectivity index (χ0n) is 14.3. The second-order valence-corrected chi connectivity index (χ2v) is 7.96. The van der Waals surface area contributed by atoms with Gasteiger partial charge in [-0.25, -0.2) is 4.79 Å². The summed E-state index contributed by atoms with van der Waals surface area (Å²) >= 11 is 0. The molecule has 0 aromatic rings. The predicted molar refractivity (Wildman–Crippen MR) is 87.0 cm³/mol. The van der Waals surface area contributed by atoms with Gasteiger partial charge in [-0.2, -0.15) is 0 Å². The van der Waals surface area contributed by atoms with Gasteiger partial charge in [0.15, 0.2) is 0 Å². The fourth-order valence-electron chi connectivity index (χ4n) is 4.32. The van der Waals surface area contributed by atoms with Crippen molar-refractivity contribution in [3.05, 3.63) is 0 Å². The summed E-state index contributed by atoms with van der Waals surface area (Å²) in [5.74, 6) is 0. The molecule has 3 fully saturated rings. The van der Waals surface area contributed by atoms with E-state index in [-0.39, 0.29) is 6.09 Å². The smallest absolute Gasteiger partial charge is 0.410 e. The molecule has 3 rings (SSSR count). The molecule has 0 unspecified atom stereocenters. The van der Waals surface area contributed by atoms with E-state index in [4.69, 9.17) is 4.74 Å². The monoisotopic (exact) mass is 309 g/mol. The standard InChI is InChI=1S/C17H31N3O2/c1-17(2,3)22-16(21)20-12-9-18-15-13(7-6-8-14(15)20)19-10-4-5-11-19/h13-15,18H,4-12H2,1-3H3/t13-,14-,15+/m0/s1. The summed E-state index contributed by atoms with van der Waals surface area (Å²) in [6, 6.07) is 1.29. The fourth-order valence-corrected chi connectivity index (χ4v) is 4.32. The largest absolute Gasteiger partial charge is 0.444 e. The first-order valence-electron chi connectivity index (χ1n) is 8.93. The van der Waals surface area contributed by atoms with Crippen LogP contribution in [-0.4, -0.2) is 65.8 Å².